The van der Waals surface area contributed by atoms with Crippen LogP contribution in [0.4, 0.5) is 0 Å². The highest BCUT2D eigenvalue weighted by atomic mass is 16.5. The fourth-order valence-electron chi connectivity index (χ4n) is 1.83. The van der Waals surface area contributed by atoms with Crippen LogP contribution in [0.1, 0.15) is 25.7 Å². The summed E-state index contributed by atoms with van der Waals surface area (Å²) in [5.41, 5.74) is 0. The van der Waals surface area contributed by atoms with Gasteiger partial charge in [0.2, 0.25) is 0 Å². The van der Waals surface area contributed by atoms with Gasteiger partial charge in [-0.1, -0.05) is 0 Å². The molecule has 0 aromatic carbocycles. The smallest absolute Gasteiger partial charge is 0.0604 e. The molecule has 0 unspecified atom stereocenters. The zero-order chi connectivity index (χ0) is 6.27. The van der Waals surface area contributed by atoms with Gasteiger partial charge in [-0.2, -0.15) is 0 Å². The van der Waals surface area contributed by atoms with Gasteiger partial charge in [-0.25, -0.2) is 0 Å². The third-order valence-corrected chi connectivity index (χ3v) is 2.27. The van der Waals surface area contributed by atoms with Gasteiger partial charge in [0.25, 0.3) is 0 Å². The molecular formula is C7H12O2. The molecule has 2 aliphatic rings. The van der Waals surface area contributed by atoms with Gasteiger partial charge in [-0.05, 0) is 25.7 Å². The molecule has 2 bridgehead atoms. The highest BCUT2D eigenvalue weighted by Gasteiger charge is 2.33. The van der Waals surface area contributed by atoms with Crippen molar-refractivity contribution < 1.29 is 9.84 Å². The van der Waals surface area contributed by atoms with Crippen LogP contribution in [0.3, 0.4) is 0 Å². The highest BCUT2D eigenvalue weighted by molar-refractivity contribution is 4.83. The molecule has 52 valence electrons. The Hall–Kier alpha value is -0.0800. The number of aliphatic hydroxyl groups excluding tert-OH is 1. The summed E-state index contributed by atoms with van der Waals surface area (Å²) in [5.74, 6) is 0. The Bertz CT molecular complexity index is 101. The van der Waals surface area contributed by atoms with Gasteiger partial charge >= 0.3 is 0 Å². The van der Waals surface area contributed by atoms with E-state index in [-0.39, 0.29) is 6.10 Å². The van der Waals surface area contributed by atoms with Crippen LogP contribution in [-0.4, -0.2) is 23.4 Å². The molecule has 2 rings (SSSR count). The maximum atomic E-state index is 9.21. The molecule has 0 amide bonds. The molecule has 0 radical (unpaired) electrons. The predicted octanol–water partition coefficient (Wildman–Crippen LogP) is 0.689. The molecule has 2 fully saturated rings. The zero-order valence-corrected chi connectivity index (χ0v) is 5.42. The quantitative estimate of drug-likeness (QED) is 0.520. The maximum absolute atomic E-state index is 9.21. The fourth-order valence-corrected chi connectivity index (χ4v) is 1.83. The Balaban J connectivity index is 2.03. The van der Waals surface area contributed by atoms with E-state index in [1.165, 1.54) is 12.8 Å². The van der Waals surface area contributed by atoms with Crippen molar-refractivity contribution in [2.24, 2.45) is 0 Å². The minimum absolute atomic E-state index is 0.0729. The third kappa shape index (κ3) is 0.970. The van der Waals surface area contributed by atoms with Crippen molar-refractivity contribution in [1.82, 2.24) is 0 Å². The van der Waals surface area contributed by atoms with E-state index in [4.69, 9.17) is 4.74 Å². The molecule has 2 atom stereocenters. The Kier molecular flexibility index (Phi) is 1.24. The normalized spacial score (nSPS) is 49.7. The van der Waals surface area contributed by atoms with E-state index in [9.17, 15) is 5.11 Å². The van der Waals surface area contributed by atoms with Gasteiger partial charge < -0.3 is 9.84 Å². The molecule has 9 heavy (non-hydrogen) atoms. The summed E-state index contributed by atoms with van der Waals surface area (Å²) < 4.78 is 5.51. The first kappa shape index (κ1) is 5.69. The van der Waals surface area contributed by atoms with E-state index in [1.54, 1.807) is 0 Å². The van der Waals surface area contributed by atoms with E-state index in [2.05, 4.69) is 0 Å². The number of aliphatic hydroxyl groups is 1. The molecule has 1 N–H and O–H groups in total. The van der Waals surface area contributed by atoms with E-state index < -0.39 is 0 Å². The van der Waals surface area contributed by atoms with Crippen molar-refractivity contribution >= 4 is 0 Å². The number of ether oxygens (including phenoxy) is 1. The van der Waals surface area contributed by atoms with E-state index in [0.717, 1.165) is 12.8 Å². The lowest BCUT2D eigenvalue weighted by Gasteiger charge is -2.24. The van der Waals surface area contributed by atoms with Gasteiger partial charge in [-0.3, -0.25) is 0 Å². The van der Waals surface area contributed by atoms with Crippen LogP contribution in [-0.2, 0) is 4.74 Å². The Morgan fingerprint density at radius 1 is 1.11 bits per heavy atom. The first-order chi connectivity index (χ1) is 4.34. The van der Waals surface area contributed by atoms with Gasteiger partial charge in [0, 0.05) is 0 Å². The molecule has 0 spiro atoms. The Labute approximate surface area is 54.8 Å². The minimum atomic E-state index is -0.0729. The molecule has 2 nitrogen and oxygen atoms in total. The zero-order valence-electron chi connectivity index (χ0n) is 5.42. The van der Waals surface area contributed by atoms with Crippen molar-refractivity contribution in [2.75, 3.05) is 0 Å². The lowest BCUT2D eigenvalue weighted by Crippen LogP contribution is -2.28. The highest BCUT2D eigenvalue weighted by Crippen LogP contribution is 2.31. The molecule has 2 aliphatic heterocycles. The van der Waals surface area contributed by atoms with E-state index in [0.29, 0.717) is 12.2 Å². The van der Waals surface area contributed by atoms with E-state index in [1.807, 2.05) is 0 Å². The molecule has 0 saturated carbocycles. The molecule has 2 heterocycles. The van der Waals surface area contributed by atoms with Crippen LogP contribution >= 0.6 is 0 Å². The molecule has 0 aromatic heterocycles. The number of fused-ring (bicyclic) bond motifs is 2. The summed E-state index contributed by atoms with van der Waals surface area (Å²) in [6.45, 7) is 0. The monoisotopic (exact) mass is 128 g/mol. The van der Waals surface area contributed by atoms with Crippen LogP contribution in [0.15, 0.2) is 0 Å². The number of rotatable bonds is 0. The predicted molar refractivity (Wildman–Crippen MR) is 33.1 cm³/mol. The maximum Gasteiger partial charge on any atom is 0.0604 e. The first-order valence-electron chi connectivity index (χ1n) is 3.68. The second-order valence-corrected chi connectivity index (χ2v) is 3.08. The van der Waals surface area contributed by atoms with Crippen molar-refractivity contribution in [3.05, 3.63) is 0 Å². The van der Waals surface area contributed by atoms with Crippen LogP contribution in [0.2, 0.25) is 0 Å². The average Bonchev–Trinajstić information content (AvgIpc) is 2.11. The van der Waals surface area contributed by atoms with Crippen molar-refractivity contribution in [1.29, 1.82) is 0 Å². The van der Waals surface area contributed by atoms with Crippen molar-refractivity contribution in [2.45, 2.75) is 44.0 Å². The van der Waals surface area contributed by atoms with Gasteiger partial charge in [0.05, 0.1) is 18.3 Å². The summed E-state index contributed by atoms with van der Waals surface area (Å²) in [6.07, 6.45) is 4.78. The van der Waals surface area contributed by atoms with Crippen LogP contribution in [0, 0.1) is 0 Å². The summed E-state index contributed by atoms with van der Waals surface area (Å²) in [6, 6.07) is 0. The second kappa shape index (κ2) is 1.96. The lowest BCUT2D eigenvalue weighted by atomic mass is 10.1. The summed E-state index contributed by atoms with van der Waals surface area (Å²) in [7, 11) is 0. The molecule has 0 aliphatic carbocycles. The standard InChI is InChI=1S/C7H12O2/c8-5-3-6-1-2-7(4-5)9-6/h5-8H,1-4H2/t6-,7-/m0/s1. The van der Waals surface area contributed by atoms with Crippen molar-refractivity contribution in [3.63, 3.8) is 0 Å². The van der Waals surface area contributed by atoms with Crippen LogP contribution in [0.25, 0.3) is 0 Å². The van der Waals surface area contributed by atoms with E-state index >= 15 is 0 Å². The van der Waals surface area contributed by atoms with Crippen molar-refractivity contribution in [3.8, 4) is 0 Å². The molecular weight excluding hydrogens is 116 g/mol. The largest absolute Gasteiger partial charge is 0.393 e. The second-order valence-electron chi connectivity index (χ2n) is 3.08. The minimum Gasteiger partial charge on any atom is -0.393 e. The lowest BCUT2D eigenvalue weighted by molar-refractivity contribution is -0.0520. The Morgan fingerprint density at radius 2 is 1.67 bits per heavy atom. The topological polar surface area (TPSA) is 29.5 Å². The SMILES string of the molecule is OC1C[C@@H]2CC[C@@H](C1)O2. The summed E-state index contributed by atoms with van der Waals surface area (Å²) in [5, 5.41) is 9.21. The third-order valence-electron chi connectivity index (χ3n) is 2.27. The van der Waals surface area contributed by atoms with Crippen LogP contribution in [0.5, 0.6) is 0 Å². The van der Waals surface area contributed by atoms with Crippen LogP contribution < -0.4 is 0 Å². The van der Waals surface area contributed by atoms with Gasteiger partial charge in [0.15, 0.2) is 0 Å². The summed E-state index contributed by atoms with van der Waals surface area (Å²) in [4.78, 5) is 0. The molecule has 2 saturated heterocycles. The summed E-state index contributed by atoms with van der Waals surface area (Å²) >= 11 is 0. The first-order valence-corrected chi connectivity index (χ1v) is 3.68. The Morgan fingerprint density at radius 3 is 2.22 bits per heavy atom. The molecule has 2 heteroatoms. The van der Waals surface area contributed by atoms with Gasteiger partial charge in [0.1, 0.15) is 0 Å². The number of hydrogen-bond acceptors (Lipinski definition) is 2. The van der Waals surface area contributed by atoms with Gasteiger partial charge in [-0.15, -0.1) is 0 Å². The average molecular weight is 128 g/mol. The fraction of sp³-hybridized carbons (Fsp3) is 1.00. The molecule has 0 aromatic rings. The number of hydrogen-bond donors (Lipinski definition) is 1.